The van der Waals surface area contributed by atoms with Gasteiger partial charge in [-0.25, -0.2) is 0 Å². The molecule has 0 aliphatic heterocycles. The van der Waals surface area contributed by atoms with Crippen LogP contribution in [0.2, 0.25) is 0 Å². The first kappa shape index (κ1) is 33.3. The number of benzene rings is 6. The van der Waals surface area contributed by atoms with E-state index in [0.29, 0.717) is 0 Å². The normalized spacial score (nSPS) is 9.81. The first-order valence-electron chi connectivity index (χ1n) is 13.2. The zero-order valence-corrected chi connectivity index (χ0v) is 27.2. The number of halogens is 1. The van der Waals surface area contributed by atoms with E-state index < -0.39 is 15.8 Å². The third kappa shape index (κ3) is 9.94. The quantitative estimate of drug-likeness (QED) is 0.0777. The van der Waals surface area contributed by atoms with Gasteiger partial charge in [0, 0.05) is 0 Å². The summed E-state index contributed by atoms with van der Waals surface area (Å²) >= 11 is 1.82. The van der Waals surface area contributed by atoms with E-state index >= 15 is 0 Å². The van der Waals surface area contributed by atoms with Crippen LogP contribution in [-0.2, 0) is 22.1 Å². The zero-order valence-electron chi connectivity index (χ0n) is 22.9. The molecule has 0 saturated carbocycles. The SMILES string of the molecule is [CH-]=O.[Cl][Ru+].c1ccc(P(c2ccccc2)c2ccccc2)cc1.c1ccc(P(c2ccccc2)c2ccccc2)cc1. The maximum atomic E-state index is 7.75. The third-order valence-electron chi connectivity index (χ3n) is 6.09. The minimum atomic E-state index is -0.446. The predicted octanol–water partition coefficient (Wildman–Crippen LogP) is 7.30. The van der Waals surface area contributed by atoms with Gasteiger partial charge in [0.1, 0.15) is 0 Å². The Balaban J connectivity index is 0.000000206. The first-order chi connectivity index (χ1) is 20.9. The van der Waals surface area contributed by atoms with Gasteiger partial charge in [-0.3, -0.25) is 6.79 Å². The van der Waals surface area contributed by atoms with E-state index in [1.54, 1.807) is 0 Å². The molecule has 0 radical (unpaired) electrons. The van der Waals surface area contributed by atoms with Crippen molar-refractivity contribution in [2.24, 2.45) is 0 Å². The summed E-state index contributed by atoms with van der Waals surface area (Å²) < 4.78 is 0. The van der Waals surface area contributed by atoms with E-state index in [1.165, 1.54) is 31.8 Å². The molecular formula is C37H31ClOP2Ru. The van der Waals surface area contributed by atoms with E-state index in [1.807, 2.05) is 17.3 Å². The van der Waals surface area contributed by atoms with Crippen LogP contribution in [0.4, 0.5) is 0 Å². The van der Waals surface area contributed by atoms with Crippen LogP contribution in [0.3, 0.4) is 0 Å². The molecule has 0 aromatic heterocycles. The maximum Gasteiger partial charge on any atom is -0.0134 e. The van der Waals surface area contributed by atoms with Gasteiger partial charge < -0.3 is 4.79 Å². The minimum Gasteiger partial charge on any atom is -0.0622 e. The molecule has 6 rings (SSSR count). The third-order valence-corrected chi connectivity index (χ3v) is 11.0. The summed E-state index contributed by atoms with van der Waals surface area (Å²) in [7, 11) is 3.68. The van der Waals surface area contributed by atoms with Crippen LogP contribution in [0.1, 0.15) is 0 Å². The second-order valence-electron chi connectivity index (χ2n) is 8.68. The standard InChI is InChI=1S/2C18H15P.CHO.ClH.Ru/c2*1-4-10-16(11-5-1)19(17-12-6-2-7-13-17)18-14-8-3-9-15-18;1-2;;/h2*1-15H;1H;1H;/q;;-1;;+2/p-1. The summed E-state index contributed by atoms with van der Waals surface area (Å²) in [5.74, 6) is 0. The molecule has 6 aromatic carbocycles. The average molecular weight is 690 g/mol. The average Bonchev–Trinajstić information content (AvgIpc) is 3.10. The summed E-state index contributed by atoms with van der Waals surface area (Å²) in [6, 6.07) is 64.7. The fourth-order valence-corrected chi connectivity index (χ4v) is 8.97. The number of rotatable bonds is 6. The smallest absolute Gasteiger partial charge is 0.0134 e. The Kier molecular flexibility index (Phi) is 15.7. The van der Waals surface area contributed by atoms with Crippen LogP contribution in [0.5, 0.6) is 0 Å². The van der Waals surface area contributed by atoms with Gasteiger partial charge in [-0.2, -0.15) is 0 Å². The zero-order chi connectivity index (χ0) is 29.8. The topological polar surface area (TPSA) is 17.1 Å². The van der Waals surface area contributed by atoms with Crippen molar-refractivity contribution in [3.05, 3.63) is 182 Å². The molecule has 0 aliphatic rings. The van der Waals surface area contributed by atoms with Crippen LogP contribution in [0.15, 0.2) is 182 Å². The van der Waals surface area contributed by atoms with E-state index in [9.17, 15) is 0 Å². The maximum absolute atomic E-state index is 7.75. The summed E-state index contributed by atoms with van der Waals surface area (Å²) in [4.78, 5) is 7.75. The summed E-state index contributed by atoms with van der Waals surface area (Å²) in [6.07, 6.45) is 0. The molecule has 0 fully saturated rings. The fourth-order valence-electron chi connectivity index (χ4n) is 4.36. The molecule has 0 spiro atoms. The van der Waals surface area contributed by atoms with Crippen molar-refractivity contribution in [3.8, 4) is 0 Å². The van der Waals surface area contributed by atoms with Gasteiger partial charge in [0.25, 0.3) is 0 Å². The van der Waals surface area contributed by atoms with Gasteiger partial charge in [-0.15, -0.1) is 0 Å². The van der Waals surface area contributed by atoms with Gasteiger partial charge in [0.15, 0.2) is 0 Å². The second-order valence-corrected chi connectivity index (χ2v) is 13.1. The Labute approximate surface area is 266 Å². The van der Waals surface area contributed by atoms with Crippen molar-refractivity contribution in [2.45, 2.75) is 0 Å². The number of hydrogen-bond acceptors (Lipinski definition) is 1. The van der Waals surface area contributed by atoms with Crippen LogP contribution < -0.4 is 31.8 Å². The van der Waals surface area contributed by atoms with Gasteiger partial charge in [0.05, 0.1) is 0 Å². The van der Waals surface area contributed by atoms with Gasteiger partial charge in [-0.1, -0.05) is 182 Å². The van der Waals surface area contributed by atoms with Crippen LogP contribution in [0.25, 0.3) is 0 Å². The van der Waals surface area contributed by atoms with Crippen molar-refractivity contribution < 1.29 is 22.1 Å². The Morgan fingerprint density at radius 2 is 0.429 bits per heavy atom. The molecule has 0 saturated heterocycles. The van der Waals surface area contributed by atoms with E-state index in [0.717, 1.165) is 0 Å². The van der Waals surface area contributed by atoms with Crippen molar-refractivity contribution in [2.75, 3.05) is 0 Å². The Morgan fingerprint density at radius 1 is 0.310 bits per heavy atom. The molecule has 0 heterocycles. The summed E-state index contributed by atoms with van der Waals surface area (Å²) in [6.45, 7) is 3.25. The van der Waals surface area contributed by atoms with Crippen molar-refractivity contribution in [1.82, 2.24) is 0 Å². The van der Waals surface area contributed by atoms with Gasteiger partial charge >= 0.3 is 27.0 Å². The number of carbonyl (C=O) groups excluding carboxylic acids is 1. The Morgan fingerprint density at radius 3 is 0.548 bits per heavy atom. The summed E-state index contributed by atoms with van der Waals surface area (Å²) in [5.41, 5.74) is 0. The molecule has 0 aliphatic carbocycles. The molecule has 0 bridgehead atoms. The van der Waals surface area contributed by atoms with E-state index in [4.69, 9.17) is 4.79 Å². The van der Waals surface area contributed by atoms with E-state index in [-0.39, 0.29) is 0 Å². The second kappa shape index (κ2) is 19.8. The van der Waals surface area contributed by atoms with Crippen molar-refractivity contribution in [1.29, 1.82) is 0 Å². The van der Waals surface area contributed by atoms with Crippen LogP contribution >= 0.6 is 25.5 Å². The molecule has 0 amide bonds. The molecule has 210 valence electrons. The van der Waals surface area contributed by atoms with Crippen LogP contribution in [0, 0.1) is 0 Å². The monoisotopic (exact) mass is 690 g/mol. The molecule has 6 aromatic rings. The molecule has 1 nitrogen and oxygen atoms in total. The largest absolute Gasteiger partial charge is 0.0622 e. The van der Waals surface area contributed by atoms with E-state index in [2.05, 4.69) is 198 Å². The number of hydrogen-bond donors (Lipinski definition) is 0. The Bertz CT molecular complexity index is 1200. The molecule has 0 atom stereocenters. The molecule has 5 heteroatoms. The van der Waals surface area contributed by atoms with Crippen molar-refractivity contribution >= 4 is 64.2 Å². The van der Waals surface area contributed by atoms with Crippen molar-refractivity contribution in [3.63, 3.8) is 0 Å². The molecular weight excluding hydrogens is 659 g/mol. The predicted molar refractivity (Wildman–Crippen MR) is 183 cm³/mol. The minimum absolute atomic E-state index is 0.446. The molecule has 0 unspecified atom stereocenters. The van der Waals surface area contributed by atoms with Crippen LogP contribution in [-0.4, -0.2) is 6.79 Å². The molecule has 42 heavy (non-hydrogen) atoms. The first-order valence-corrected chi connectivity index (χ1v) is 18.1. The van der Waals surface area contributed by atoms with Gasteiger partial charge in [-0.05, 0) is 47.7 Å². The Hall–Kier alpha value is -3.24. The molecule has 0 N–H and O–H groups in total. The fraction of sp³-hybridized carbons (Fsp3) is 0. The summed E-state index contributed by atoms with van der Waals surface area (Å²) in [5, 5.41) is 8.39. The van der Waals surface area contributed by atoms with Gasteiger partial charge in [0.2, 0.25) is 0 Å².